The molecule has 1 aliphatic rings. The van der Waals surface area contributed by atoms with Crippen molar-refractivity contribution in [1.29, 1.82) is 0 Å². The molecule has 3 rings (SSSR count). The van der Waals surface area contributed by atoms with Crippen LogP contribution in [0.15, 0.2) is 18.3 Å². The molecule has 0 spiro atoms. The summed E-state index contributed by atoms with van der Waals surface area (Å²) in [5.74, 6) is -2.15. The Morgan fingerprint density at radius 3 is 2.76 bits per heavy atom. The van der Waals surface area contributed by atoms with Gasteiger partial charge in [-0.2, -0.15) is 0 Å². The molecular formula is C15H14F3N3. The van der Waals surface area contributed by atoms with Crippen LogP contribution in [-0.4, -0.2) is 21.4 Å². The fourth-order valence-corrected chi connectivity index (χ4v) is 2.55. The molecule has 0 aliphatic carbocycles. The summed E-state index contributed by atoms with van der Waals surface area (Å²) in [7, 11) is 0. The molecule has 0 radical (unpaired) electrons. The summed E-state index contributed by atoms with van der Waals surface area (Å²) in [5, 5.41) is 0. The Kier molecular flexibility index (Phi) is 3.63. The lowest BCUT2D eigenvalue weighted by molar-refractivity contribution is 0.234. The summed E-state index contributed by atoms with van der Waals surface area (Å²) >= 11 is 0. The van der Waals surface area contributed by atoms with Gasteiger partial charge in [0.15, 0.2) is 11.6 Å². The highest BCUT2D eigenvalue weighted by Crippen LogP contribution is 2.22. The van der Waals surface area contributed by atoms with Crippen molar-refractivity contribution in [3.8, 4) is 0 Å². The smallest absolute Gasteiger partial charge is 0.166 e. The molecule has 0 fully saturated rings. The second kappa shape index (κ2) is 5.44. The molecule has 6 heteroatoms. The average molecular weight is 293 g/mol. The van der Waals surface area contributed by atoms with Gasteiger partial charge in [-0.1, -0.05) is 0 Å². The second-order valence-corrected chi connectivity index (χ2v) is 5.17. The van der Waals surface area contributed by atoms with E-state index in [1.807, 2.05) is 11.8 Å². The summed E-state index contributed by atoms with van der Waals surface area (Å²) in [6.07, 6.45) is 2.43. The molecule has 0 saturated carbocycles. The van der Waals surface area contributed by atoms with Crippen LogP contribution in [0.3, 0.4) is 0 Å². The molecular weight excluding hydrogens is 279 g/mol. The van der Waals surface area contributed by atoms with Gasteiger partial charge in [0, 0.05) is 49.1 Å². The molecule has 2 heterocycles. The number of rotatable bonds is 2. The second-order valence-electron chi connectivity index (χ2n) is 5.17. The van der Waals surface area contributed by atoms with Gasteiger partial charge in [-0.25, -0.2) is 23.1 Å². The molecule has 3 nitrogen and oxygen atoms in total. The summed E-state index contributed by atoms with van der Waals surface area (Å²) in [6.45, 7) is 2.98. The Labute approximate surface area is 120 Å². The molecule has 0 amide bonds. The predicted molar refractivity (Wildman–Crippen MR) is 70.9 cm³/mol. The van der Waals surface area contributed by atoms with Gasteiger partial charge in [0.1, 0.15) is 11.6 Å². The first-order valence-electron chi connectivity index (χ1n) is 6.70. The van der Waals surface area contributed by atoms with Crippen LogP contribution in [0.5, 0.6) is 0 Å². The molecule has 0 unspecified atom stereocenters. The van der Waals surface area contributed by atoms with Gasteiger partial charge in [0.2, 0.25) is 0 Å². The topological polar surface area (TPSA) is 29.0 Å². The summed E-state index contributed by atoms with van der Waals surface area (Å²) in [4.78, 5) is 10.4. The normalized spacial score (nSPS) is 15.0. The van der Waals surface area contributed by atoms with Crippen LogP contribution in [-0.2, 0) is 19.5 Å². The van der Waals surface area contributed by atoms with Crippen molar-refractivity contribution in [2.45, 2.75) is 26.4 Å². The van der Waals surface area contributed by atoms with E-state index in [9.17, 15) is 13.2 Å². The lowest BCUT2D eigenvalue weighted by Gasteiger charge is -2.28. The Morgan fingerprint density at radius 2 is 1.95 bits per heavy atom. The minimum Gasteiger partial charge on any atom is -0.294 e. The van der Waals surface area contributed by atoms with Crippen molar-refractivity contribution >= 4 is 0 Å². The highest BCUT2D eigenvalue weighted by molar-refractivity contribution is 5.23. The van der Waals surface area contributed by atoms with Crippen molar-refractivity contribution < 1.29 is 13.2 Å². The largest absolute Gasteiger partial charge is 0.294 e. The monoisotopic (exact) mass is 293 g/mol. The molecule has 0 N–H and O–H groups in total. The van der Waals surface area contributed by atoms with Crippen molar-refractivity contribution in [2.75, 3.05) is 6.54 Å². The number of benzene rings is 1. The lowest BCUT2D eigenvalue weighted by Crippen LogP contribution is -2.31. The number of aryl methyl sites for hydroxylation is 1. The number of halogens is 3. The number of nitrogens with zero attached hydrogens (tertiary/aromatic N) is 3. The van der Waals surface area contributed by atoms with Gasteiger partial charge >= 0.3 is 0 Å². The van der Waals surface area contributed by atoms with E-state index in [0.29, 0.717) is 25.3 Å². The van der Waals surface area contributed by atoms with E-state index in [-0.39, 0.29) is 12.1 Å². The first-order chi connectivity index (χ1) is 10.0. The summed E-state index contributed by atoms with van der Waals surface area (Å²) in [6, 6.07) is 1.76. The maximum Gasteiger partial charge on any atom is 0.166 e. The third kappa shape index (κ3) is 2.76. The van der Waals surface area contributed by atoms with Gasteiger partial charge in [-0.05, 0) is 19.1 Å². The Balaban J connectivity index is 1.82. The van der Waals surface area contributed by atoms with Gasteiger partial charge in [-0.3, -0.25) is 4.90 Å². The van der Waals surface area contributed by atoms with Crippen LogP contribution in [0.25, 0.3) is 0 Å². The van der Waals surface area contributed by atoms with Crippen LogP contribution in [0.4, 0.5) is 13.2 Å². The Bertz CT molecular complexity index is 688. The highest BCUT2D eigenvalue weighted by Gasteiger charge is 2.21. The molecule has 1 aromatic carbocycles. The van der Waals surface area contributed by atoms with Crippen LogP contribution in [0, 0.1) is 24.4 Å². The van der Waals surface area contributed by atoms with E-state index < -0.39 is 17.5 Å². The van der Waals surface area contributed by atoms with Crippen LogP contribution in [0.1, 0.15) is 22.6 Å². The summed E-state index contributed by atoms with van der Waals surface area (Å²) < 4.78 is 40.6. The summed E-state index contributed by atoms with van der Waals surface area (Å²) in [5.41, 5.74) is 1.69. The third-order valence-corrected chi connectivity index (χ3v) is 3.65. The SMILES string of the molecule is Cc1ncc2c(n1)CCN(Cc1c(F)ccc(F)c1F)C2. The molecule has 0 saturated heterocycles. The van der Waals surface area contributed by atoms with Gasteiger partial charge in [0.05, 0.1) is 0 Å². The van der Waals surface area contributed by atoms with E-state index >= 15 is 0 Å². The fourth-order valence-electron chi connectivity index (χ4n) is 2.55. The van der Waals surface area contributed by atoms with Crippen LogP contribution < -0.4 is 0 Å². The average Bonchev–Trinajstić information content (AvgIpc) is 2.48. The quantitative estimate of drug-likeness (QED) is 0.797. The Hall–Kier alpha value is -1.95. The van der Waals surface area contributed by atoms with Gasteiger partial charge < -0.3 is 0 Å². The molecule has 0 atom stereocenters. The van der Waals surface area contributed by atoms with E-state index in [2.05, 4.69) is 9.97 Å². The van der Waals surface area contributed by atoms with E-state index in [1.54, 1.807) is 6.20 Å². The number of hydrogen-bond acceptors (Lipinski definition) is 3. The highest BCUT2D eigenvalue weighted by atomic mass is 19.2. The molecule has 1 aromatic heterocycles. The maximum absolute atomic E-state index is 13.7. The van der Waals surface area contributed by atoms with Gasteiger partial charge in [-0.15, -0.1) is 0 Å². The zero-order chi connectivity index (χ0) is 15.0. The van der Waals surface area contributed by atoms with Gasteiger partial charge in [0.25, 0.3) is 0 Å². The van der Waals surface area contributed by atoms with Crippen molar-refractivity contribution in [2.24, 2.45) is 0 Å². The minimum atomic E-state index is -1.11. The van der Waals surface area contributed by atoms with Crippen molar-refractivity contribution in [3.63, 3.8) is 0 Å². The zero-order valence-corrected chi connectivity index (χ0v) is 11.5. The van der Waals surface area contributed by atoms with Crippen LogP contribution >= 0.6 is 0 Å². The van der Waals surface area contributed by atoms with E-state index in [0.717, 1.165) is 23.4 Å². The van der Waals surface area contributed by atoms with Crippen molar-refractivity contribution in [3.05, 3.63) is 58.4 Å². The zero-order valence-electron chi connectivity index (χ0n) is 11.5. The number of fused-ring (bicyclic) bond motifs is 1. The van der Waals surface area contributed by atoms with E-state index in [4.69, 9.17) is 0 Å². The molecule has 110 valence electrons. The minimum absolute atomic E-state index is 0.0305. The predicted octanol–water partition coefficient (Wildman–Crippen LogP) is 2.76. The van der Waals surface area contributed by atoms with Crippen molar-refractivity contribution in [1.82, 2.24) is 14.9 Å². The Morgan fingerprint density at radius 1 is 1.19 bits per heavy atom. The first-order valence-corrected chi connectivity index (χ1v) is 6.70. The molecule has 1 aliphatic heterocycles. The molecule has 2 aromatic rings. The first kappa shape index (κ1) is 14.0. The number of hydrogen-bond donors (Lipinski definition) is 0. The standard InChI is InChI=1S/C15H14F3N3/c1-9-19-6-10-7-21(5-4-14(10)20-9)8-11-12(16)2-3-13(17)15(11)18/h2-3,6H,4-5,7-8H2,1H3. The molecule has 21 heavy (non-hydrogen) atoms. The third-order valence-electron chi connectivity index (χ3n) is 3.65. The van der Waals surface area contributed by atoms with Crippen LogP contribution in [0.2, 0.25) is 0 Å². The van der Waals surface area contributed by atoms with E-state index in [1.165, 1.54) is 0 Å². The lowest BCUT2D eigenvalue weighted by atomic mass is 10.1. The fraction of sp³-hybridized carbons (Fsp3) is 0.333. The maximum atomic E-state index is 13.7. The number of aromatic nitrogens is 2. The molecule has 0 bridgehead atoms.